The molecule has 0 spiro atoms. The van der Waals surface area contributed by atoms with E-state index in [0.29, 0.717) is 0 Å². The van der Waals surface area contributed by atoms with E-state index >= 15 is 0 Å². The van der Waals surface area contributed by atoms with Crippen LogP contribution in [0.5, 0.6) is 0 Å². The molecule has 100 valence electrons. The van der Waals surface area contributed by atoms with Crippen LogP contribution in [0.2, 0.25) is 0 Å². The number of anilines is 1. The number of aromatic carboxylic acids is 1. The van der Waals surface area contributed by atoms with Gasteiger partial charge in [-0.25, -0.2) is 4.79 Å². The van der Waals surface area contributed by atoms with E-state index < -0.39 is 5.97 Å². The summed E-state index contributed by atoms with van der Waals surface area (Å²) in [5.41, 5.74) is 2.38. The third-order valence-corrected chi connectivity index (χ3v) is 3.87. The molecular weight excluding hydrogens is 326 g/mol. The average Bonchev–Trinajstić information content (AvgIpc) is 2.80. The number of hydrogen-bond donors (Lipinski definition) is 2. The summed E-state index contributed by atoms with van der Waals surface area (Å²) in [6.07, 6.45) is 0.915. The summed E-state index contributed by atoms with van der Waals surface area (Å²) in [7, 11) is 0. The third-order valence-electron chi connectivity index (χ3n) is 2.68. The molecule has 1 atom stereocenters. The maximum atomic E-state index is 11.0. The van der Waals surface area contributed by atoms with Crippen LogP contribution in [0.1, 0.15) is 22.8 Å². The summed E-state index contributed by atoms with van der Waals surface area (Å²) in [6.45, 7) is 2.08. The van der Waals surface area contributed by atoms with Crippen LogP contribution >= 0.6 is 27.3 Å². The lowest BCUT2D eigenvalue weighted by Gasteiger charge is -2.15. The van der Waals surface area contributed by atoms with Crippen LogP contribution in [0.15, 0.2) is 39.5 Å². The van der Waals surface area contributed by atoms with Gasteiger partial charge in [0.15, 0.2) is 0 Å². The fourth-order valence-corrected chi connectivity index (χ4v) is 3.07. The quantitative estimate of drug-likeness (QED) is 0.855. The van der Waals surface area contributed by atoms with Gasteiger partial charge in [0.1, 0.15) is 0 Å². The largest absolute Gasteiger partial charge is 0.478 e. The molecule has 2 N–H and O–H groups in total. The number of benzene rings is 1. The number of carbonyl (C=O) groups is 1. The molecule has 0 aliphatic carbocycles. The maximum Gasteiger partial charge on any atom is 0.335 e. The SMILES string of the molecule is CC(Cc1ccsc1)Nc1cc(Br)cc(C(=O)O)c1. The van der Waals surface area contributed by atoms with E-state index in [0.717, 1.165) is 16.6 Å². The van der Waals surface area contributed by atoms with E-state index in [2.05, 4.69) is 45.0 Å². The second-order valence-corrected chi connectivity index (χ2v) is 6.11. The Labute approximate surface area is 124 Å². The van der Waals surface area contributed by atoms with Crippen molar-refractivity contribution in [3.05, 3.63) is 50.6 Å². The second kappa shape index (κ2) is 6.21. The predicted octanol–water partition coefficient (Wildman–Crippen LogP) is 4.25. The van der Waals surface area contributed by atoms with Crippen LogP contribution in [-0.2, 0) is 6.42 Å². The maximum absolute atomic E-state index is 11.0. The minimum atomic E-state index is -0.921. The van der Waals surface area contributed by atoms with Gasteiger partial charge in [-0.05, 0) is 53.9 Å². The first-order valence-electron chi connectivity index (χ1n) is 5.86. The van der Waals surface area contributed by atoms with Gasteiger partial charge in [-0.15, -0.1) is 0 Å². The Hall–Kier alpha value is -1.33. The fraction of sp³-hybridized carbons (Fsp3) is 0.214. The van der Waals surface area contributed by atoms with Gasteiger partial charge in [0.25, 0.3) is 0 Å². The zero-order valence-electron chi connectivity index (χ0n) is 10.4. The lowest BCUT2D eigenvalue weighted by atomic mass is 10.1. The monoisotopic (exact) mass is 339 g/mol. The number of nitrogens with one attached hydrogen (secondary N) is 1. The van der Waals surface area contributed by atoms with E-state index in [1.54, 1.807) is 23.5 Å². The third kappa shape index (κ3) is 4.08. The fourth-order valence-electron chi connectivity index (χ4n) is 1.89. The Balaban J connectivity index is 2.08. The van der Waals surface area contributed by atoms with Gasteiger partial charge in [-0.1, -0.05) is 15.9 Å². The van der Waals surface area contributed by atoms with Crippen LogP contribution in [0.3, 0.4) is 0 Å². The normalized spacial score (nSPS) is 12.1. The highest BCUT2D eigenvalue weighted by Crippen LogP contribution is 2.21. The molecule has 19 heavy (non-hydrogen) atoms. The van der Waals surface area contributed by atoms with Crippen LogP contribution < -0.4 is 5.32 Å². The lowest BCUT2D eigenvalue weighted by Crippen LogP contribution is -2.18. The number of carboxylic acid groups (broad SMARTS) is 1. The molecule has 0 bridgehead atoms. The molecule has 0 radical (unpaired) electrons. The molecule has 1 heterocycles. The van der Waals surface area contributed by atoms with Crippen LogP contribution in [0.25, 0.3) is 0 Å². The Morgan fingerprint density at radius 3 is 2.89 bits per heavy atom. The standard InChI is InChI=1S/C14H14BrNO2S/c1-9(4-10-2-3-19-8-10)16-13-6-11(14(17)18)5-12(15)7-13/h2-3,5-9,16H,4H2,1H3,(H,17,18). The first kappa shape index (κ1) is 14.1. The first-order valence-corrected chi connectivity index (χ1v) is 7.59. The van der Waals surface area contributed by atoms with Crippen LogP contribution in [-0.4, -0.2) is 17.1 Å². The number of thiophene rings is 1. The van der Waals surface area contributed by atoms with Crippen molar-refractivity contribution < 1.29 is 9.90 Å². The van der Waals surface area contributed by atoms with Crippen molar-refractivity contribution in [3.8, 4) is 0 Å². The van der Waals surface area contributed by atoms with Crippen molar-refractivity contribution in [2.45, 2.75) is 19.4 Å². The lowest BCUT2D eigenvalue weighted by molar-refractivity contribution is 0.0697. The number of hydrogen-bond acceptors (Lipinski definition) is 3. The van der Waals surface area contributed by atoms with Crippen molar-refractivity contribution in [1.29, 1.82) is 0 Å². The molecule has 0 aliphatic rings. The van der Waals surface area contributed by atoms with E-state index in [4.69, 9.17) is 5.11 Å². The summed E-state index contributed by atoms with van der Waals surface area (Å²) >= 11 is 5.01. The van der Waals surface area contributed by atoms with Gasteiger partial charge < -0.3 is 10.4 Å². The molecule has 0 saturated carbocycles. The molecule has 0 saturated heterocycles. The highest BCUT2D eigenvalue weighted by Gasteiger charge is 2.09. The van der Waals surface area contributed by atoms with Crippen LogP contribution in [0, 0.1) is 0 Å². The highest BCUT2D eigenvalue weighted by molar-refractivity contribution is 9.10. The van der Waals surface area contributed by atoms with E-state index in [-0.39, 0.29) is 11.6 Å². The molecule has 1 unspecified atom stereocenters. The minimum absolute atomic E-state index is 0.241. The van der Waals surface area contributed by atoms with Gasteiger partial charge in [-0.3, -0.25) is 0 Å². The summed E-state index contributed by atoms with van der Waals surface area (Å²) in [5, 5.41) is 16.5. The van der Waals surface area contributed by atoms with Crippen LogP contribution in [0.4, 0.5) is 5.69 Å². The number of halogens is 1. The van der Waals surface area contributed by atoms with Crippen molar-refractivity contribution in [2.75, 3.05) is 5.32 Å². The number of rotatable bonds is 5. The van der Waals surface area contributed by atoms with Gasteiger partial charge in [0, 0.05) is 16.2 Å². The molecule has 1 aromatic carbocycles. The van der Waals surface area contributed by atoms with Gasteiger partial charge in [0.2, 0.25) is 0 Å². The van der Waals surface area contributed by atoms with Gasteiger partial charge in [0.05, 0.1) is 5.56 Å². The molecule has 5 heteroatoms. The van der Waals surface area contributed by atoms with E-state index in [9.17, 15) is 4.79 Å². The second-order valence-electron chi connectivity index (χ2n) is 4.41. The summed E-state index contributed by atoms with van der Waals surface area (Å²) in [6, 6.07) is 7.47. The predicted molar refractivity (Wildman–Crippen MR) is 82.2 cm³/mol. The Morgan fingerprint density at radius 1 is 1.47 bits per heavy atom. The molecule has 3 nitrogen and oxygen atoms in total. The Morgan fingerprint density at radius 2 is 2.26 bits per heavy atom. The Kier molecular flexibility index (Phi) is 4.61. The molecule has 0 aliphatic heterocycles. The highest BCUT2D eigenvalue weighted by atomic mass is 79.9. The molecule has 0 amide bonds. The van der Waals surface area contributed by atoms with Crippen molar-refractivity contribution in [1.82, 2.24) is 0 Å². The molecule has 2 rings (SSSR count). The minimum Gasteiger partial charge on any atom is -0.478 e. The zero-order valence-corrected chi connectivity index (χ0v) is 12.8. The van der Waals surface area contributed by atoms with Crippen molar-refractivity contribution >= 4 is 38.9 Å². The Bertz CT molecular complexity index is 569. The topological polar surface area (TPSA) is 49.3 Å². The van der Waals surface area contributed by atoms with Gasteiger partial charge in [-0.2, -0.15) is 11.3 Å². The van der Waals surface area contributed by atoms with E-state index in [1.165, 1.54) is 5.56 Å². The average molecular weight is 340 g/mol. The molecule has 2 aromatic rings. The van der Waals surface area contributed by atoms with Crippen molar-refractivity contribution in [2.24, 2.45) is 0 Å². The number of carboxylic acids is 1. The zero-order chi connectivity index (χ0) is 13.8. The van der Waals surface area contributed by atoms with E-state index in [1.807, 2.05) is 6.07 Å². The first-order chi connectivity index (χ1) is 9.04. The molecule has 1 aromatic heterocycles. The summed E-state index contributed by atoms with van der Waals surface area (Å²) in [4.78, 5) is 11.0. The molecule has 0 fully saturated rings. The molecular formula is C14H14BrNO2S. The summed E-state index contributed by atoms with van der Waals surface area (Å²) in [5.74, 6) is -0.921. The smallest absolute Gasteiger partial charge is 0.335 e. The van der Waals surface area contributed by atoms with Crippen molar-refractivity contribution in [3.63, 3.8) is 0 Å². The summed E-state index contributed by atoms with van der Waals surface area (Å²) < 4.78 is 0.762. The van der Waals surface area contributed by atoms with Gasteiger partial charge >= 0.3 is 5.97 Å².